The minimum Gasteiger partial charge on any atom is -0.305 e. The summed E-state index contributed by atoms with van der Waals surface area (Å²) < 4.78 is 39.2. The Labute approximate surface area is 154 Å². The molecule has 134 valence electrons. The van der Waals surface area contributed by atoms with Crippen LogP contribution in [0, 0.1) is 6.92 Å². The van der Waals surface area contributed by atoms with E-state index in [1.165, 1.54) is 19.4 Å². The van der Waals surface area contributed by atoms with Crippen LogP contribution in [-0.2, 0) is 6.18 Å². The highest BCUT2D eigenvalue weighted by molar-refractivity contribution is 7.13. The highest BCUT2D eigenvalue weighted by Gasteiger charge is 2.39. The number of anilines is 1. The molecule has 2 aromatic heterocycles. The molecule has 0 fully saturated rings. The van der Waals surface area contributed by atoms with E-state index in [9.17, 15) is 18.0 Å². The molecule has 0 aliphatic carbocycles. The zero-order chi connectivity index (χ0) is 18.9. The number of halogens is 4. The molecule has 10 heteroatoms. The number of hydrogen-bond donors (Lipinski definition) is 1. The fourth-order valence-electron chi connectivity index (χ4n) is 2.21. The topological polar surface area (TPSA) is 67.8 Å². The van der Waals surface area contributed by atoms with E-state index in [-0.39, 0.29) is 10.8 Å². The highest BCUT2D eigenvalue weighted by atomic mass is 35.5. The Kier molecular flexibility index (Phi) is 4.92. The van der Waals surface area contributed by atoms with Crippen molar-refractivity contribution in [3.63, 3.8) is 0 Å². The minimum atomic E-state index is -4.72. The van der Waals surface area contributed by atoms with Gasteiger partial charge in [-0.05, 0) is 24.6 Å². The number of aromatic nitrogens is 3. The molecule has 26 heavy (non-hydrogen) atoms. The zero-order valence-corrected chi connectivity index (χ0v) is 14.7. The summed E-state index contributed by atoms with van der Waals surface area (Å²) in [7, 11) is 0. The van der Waals surface area contributed by atoms with Gasteiger partial charge in [-0.1, -0.05) is 23.7 Å². The van der Waals surface area contributed by atoms with E-state index in [1.807, 2.05) is 0 Å². The van der Waals surface area contributed by atoms with Gasteiger partial charge in [-0.15, -0.1) is 11.3 Å². The smallest absolute Gasteiger partial charge is 0.305 e. The van der Waals surface area contributed by atoms with E-state index in [0.717, 1.165) is 0 Å². The molecule has 3 rings (SSSR count). The van der Waals surface area contributed by atoms with Gasteiger partial charge < -0.3 is 5.32 Å². The van der Waals surface area contributed by atoms with Crippen molar-refractivity contribution in [1.29, 1.82) is 0 Å². The molecule has 0 unspecified atom stereocenters. The lowest BCUT2D eigenvalue weighted by molar-refractivity contribution is -0.141. The summed E-state index contributed by atoms with van der Waals surface area (Å²) in [6.45, 7) is 1.40. The van der Waals surface area contributed by atoms with Crippen LogP contribution in [0.3, 0.4) is 0 Å². The maximum atomic E-state index is 13.1. The number of benzene rings is 1. The van der Waals surface area contributed by atoms with Crippen LogP contribution >= 0.6 is 22.9 Å². The fourth-order valence-corrected chi connectivity index (χ4v) is 3.17. The van der Waals surface area contributed by atoms with E-state index >= 15 is 0 Å². The van der Waals surface area contributed by atoms with Crippen molar-refractivity contribution in [1.82, 2.24) is 15.0 Å². The van der Waals surface area contributed by atoms with E-state index in [2.05, 4.69) is 20.3 Å². The Morgan fingerprint density at radius 3 is 2.58 bits per heavy atom. The second kappa shape index (κ2) is 7.00. The van der Waals surface area contributed by atoms with Gasteiger partial charge in [0.2, 0.25) is 0 Å². The summed E-state index contributed by atoms with van der Waals surface area (Å²) in [5.74, 6) is -0.844. The first kappa shape index (κ1) is 18.3. The Bertz CT molecular complexity index is 957. The molecule has 0 radical (unpaired) electrons. The van der Waals surface area contributed by atoms with Gasteiger partial charge >= 0.3 is 6.18 Å². The van der Waals surface area contributed by atoms with Crippen LogP contribution in [0.1, 0.15) is 20.4 Å². The summed E-state index contributed by atoms with van der Waals surface area (Å²) in [6, 6.07) is 6.66. The number of carbonyl (C=O) groups is 1. The standard InChI is InChI=1S/C16H10ClF3N4OS/c1-8-23-13(16(18,19)20)12(26-8)15(25)24-14-11(6-21-7-22-14)9-2-4-10(17)5-3-9/h2-7H,1H3,(H,21,22,24,25). The van der Waals surface area contributed by atoms with Gasteiger partial charge in [0.1, 0.15) is 17.0 Å². The van der Waals surface area contributed by atoms with Crippen LogP contribution in [0.15, 0.2) is 36.8 Å². The predicted octanol–water partition coefficient (Wildman–Crippen LogP) is 4.83. The Balaban J connectivity index is 1.96. The quantitative estimate of drug-likeness (QED) is 0.686. The lowest BCUT2D eigenvalue weighted by Crippen LogP contribution is -2.18. The number of carbonyl (C=O) groups excluding carboxylic acids is 1. The van der Waals surface area contributed by atoms with Crippen molar-refractivity contribution in [2.75, 3.05) is 5.32 Å². The first-order chi connectivity index (χ1) is 12.3. The molecule has 5 nitrogen and oxygen atoms in total. The van der Waals surface area contributed by atoms with Crippen molar-refractivity contribution in [2.24, 2.45) is 0 Å². The molecule has 0 spiro atoms. The number of alkyl halides is 3. The Morgan fingerprint density at radius 1 is 1.23 bits per heavy atom. The fraction of sp³-hybridized carbons (Fsp3) is 0.125. The molecule has 0 saturated carbocycles. The van der Waals surface area contributed by atoms with Crippen LogP contribution < -0.4 is 5.32 Å². The second-order valence-corrected chi connectivity index (χ2v) is 6.79. The summed E-state index contributed by atoms with van der Waals surface area (Å²) in [4.78, 5) is 23.2. The van der Waals surface area contributed by atoms with Gasteiger partial charge in [-0.25, -0.2) is 15.0 Å². The third kappa shape index (κ3) is 3.83. The summed E-state index contributed by atoms with van der Waals surface area (Å²) >= 11 is 6.52. The van der Waals surface area contributed by atoms with Gasteiger partial charge in [0.05, 0.1) is 5.01 Å². The number of hydrogen-bond acceptors (Lipinski definition) is 5. The number of rotatable bonds is 3. The van der Waals surface area contributed by atoms with Crippen LogP contribution in [0.2, 0.25) is 5.02 Å². The number of nitrogens with one attached hydrogen (secondary N) is 1. The first-order valence-electron chi connectivity index (χ1n) is 7.17. The van der Waals surface area contributed by atoms with E-state index < -0.39 is 22.7 Å². The maximum absolute atomic E-state index is 13.1. The summed E-state index contributed by atoms with van der Waals surface area (Å²) in [5.41, 5.74) is -0.103. The number of nitrogens with zero attached hydrogens (tertiary/aromatic N) is 3. The van der Waals surface area contributed by atoms with E-state index in [4.69, 9.17) is 11.6 Å². The molecule has 3 aromatic rings. The normalized spacial score (nSPS) is 11.4. The average molecular weight is 399 g/mol. The molecule has 1 N–H and O–H groups in total. The van der Waals surface area contributed by atoms with Crippen molar-refractivity contribution in [2.45, 2.75) is 13.1 Å². The van der Waals surface area contributed by atoms with Gasteiger partial charge in [0.25, 0.3) is 5.91 Å². The zero-order valence-electron chi connectivity index (χ0n) is 13.1. The lowest BCUT2D eigenvalue weighted by Gasteiger charge is -2.10. The average Bonchev–Trinajstić information content (AvgIpc) is 2.99. The van der Waals surface area contributed by atoms with Crippen LogP contribution in [0.5, 0.6) is 0 Å². The lowest BCUT2D eigenvalue weighted by atomic mass is 10.1. The summed E-state index contributed by atoms with van der Waals surface area (Å²) in [6.07, 6.45) is -2.08. The molecule has 1 aromatic carbocycles. The summed E-state index contributed by atoms with van der Waals surface area (Å²) in [5, 5.41) is 3.07. The van der Waals surface area contributed by atoms with Gasteiger partial charge in [0, 0.05) is 16.8 Å². The van der Waals surface area contributed by atoms with Crippen LogP contribution in [0.4, 0.5) is 19.0 Å². The van der Waals surface area contributed by atoms with Crippen LogP contribution in [0.25, 0.3) is 11.1 Å². The second-order valence-electron chi connectivity index (χ2n) is 5.15. The van der Waals surface area contributed by atoms with E-state index in [1.54, 1.807) is 24.3 Å². The third-order valence-electron chi connectivity index (χ3n) is 3.31. The highest BCUT2D eigenvalue weighted by Crippen LogP contribution is 2.35. The van der Waals surface area contributed by atoms with Gasteiger partial charge in [-0.3, -0.25) is 4.79 Å². The molecule has 1 amide bonds. The molecule has 0 atom stereocenters. The predicted molar refractivity (Wildman–Crippen MR) is 92.3 cm³/mol. The molecule has 0 aliphatic heterocycles. The molecule has 2 heterocycles. The van der Waals surface area contributed by atoms with Crippen molar-refractivity contribution < 1.29 is 18.0 Å². The van der Waals surface area contributed by atoms with Crippen molar-refractivity contribution in [3.05, 3.63) is 57.4 Å². The Morgan fingerprint density at radius 2 is 1.92 bits per heavy atom. The first-order valence-corrected chi connectivity index (χ1v) is 8.37. The van der Waals surface area contributed by atoms with Crippen LogP contribution in [-0.4, -0.2) is 20.9 Å². The monoisotopic (exact) mass is 398 g/mol. The third-order valence-corrected chi connectivity index (χ3v) is 4.53. The van der Waals surface area contributed by atoms with Gasteiger partial charge in [-0.2, -0.15) is 13.2 Å². The molecule has 0 bridgehead atoms. The van der Waals surface area contributed by atoms with Gasteiger partial charge in [0.15, 0.2) is 5.69 Å². The number of thiazole rings is 1. The molecular formula is C16H10ClF3N4OS. The molecular weight excluding hydrogens is 389 g/mol. The largest absolute Gasteiger partial charge is 0.435 e. The van der Waals surface area contributed by atoms with Crippen molar-refractivity contribution in [3.8, 4) is 11.1 Å². The number of aryl methyl sites for hydroxylation is 1. The SMILES string of the molecule is Cc1nc(C(F)(F)F)c(C(=O)Nc2ncncc2-c2ccc(Cl)cc2)s1. The van der Waals surface area contributed by atoms with Crippen molar-refractivity contribution >= 4 is 34.7 Å². The minimum absolute atomic E-state index is 0.0894. The maximum Gasteiger partial charge on any atom is 0.435 e. The van der Waals surface area contributed by atoms with E-state index in [0.29, 0.717) is 27.5 Å². The number of amides is 1. The Hall–Kier alpha value is -2.52. The molecule has 0 aliphatic rings. The molecule has 0 saturated heterocycles.